The van der Waals surface area contributed by atoms with Crippen molar-refractivity contribution < 1.29 is 33.2 Å². The van der Waals surface area contributed by atoms with E-state index in [9.17, 15) is 0 Å². The molecule has 0 radical (unpaired) electrons. The zero-order chi connectivity index (χ0) is 38.7. The summed E-state index contributed by atoms with van der Waals surface area (Å²) in [5, 5.41) is 0. The molecule has 0 aromatic heterocycles. The molecule has 0 saturated carbocycles. The van der Waals surface area contributed by atoms with Crippen LogP contribution in [0.3, 0.4) is 0 Å². The maximum Gasteiger partial charge on any atom is 0.179 e. The molecule has 2 unspecified atom stereocenters. The zero-order valence-corrected chi connectivity index (χ0v) is 36.1. The molecule has 53 heavy (non-hydrogen) atoms. The summed E-state index contributed by atoms with van der Waals surface area (Å²) in [6.07, 6.45) is 40.3. The number of ether oxygens (including phenoxy) is 7. The molecule has 2 atom stereocenters. The second kappa shape index (κ2) is 43.9. The van der Waals surface area contributed by atoms with Crippen LogP contribution in [0.5, 0.6) is 0 Å². The van der Waals surface area contributed by atoms with Crippen molar-refractivity contribution in [2.24, 2.45) is 0 Å². The van der Waals surface area contributed by atoms with E-state index in [2.05, 4.69) is 39.8 Å². The maximum absolute atomic E-state index is 6.18. The summed E-state index contributed by atoms with van der Waals surface area (Å²) < 4.78 is 41.9. The number of hydrogen-bond acceptors (Lipinski definition) is 7. The second-order valence-corrected chi connectivity index (χ2v) is 14.8. The number of methoxy groups -OCH3 is 2. The molecule has 7 heteroatoms. The molecular weight excluding hydrogens is 664 g/mol. The molecule has 0 aromatic carbocycles. The third-order valence-corrected chi connectivity index (χ3v) is 9.65. The first kappa shape index (κ1) is 52.2. The second-order valence-electron chi connectivity index (χ2n) is 14.8. The van der Waals surface area contributed by atoms with Gasteiger partial charge in [0.1, 0.15) is 0 Å². The van der Waals surface area contributed by atoms with Crippen LogP contribution in [-0.2, 0) is 33.2 Å². The minimum absolute atomic E-state index is 0.0843. The molecule has 316 valence electrons. The van der Waals surface area contributed by atoms with Crippen molar-refractivity contribution in [2.75, 3.05) is 40.6 Å². The summed E-state index contributed by atoms with van der Waals surface area (Å²) >= 11 is 0. The Hall–Kier alpha value is -0.800. The van der Waals surface area contributed by atoms with Gasteiger partial charge in [0, 0.05) is 40.6 Å². The number of allylic oxidation sites excluding steroid dienone is 2. The maximum atomic E-state index is 6.18. The van der Waals surface area contributed by atoms with Gasteiger partial charge in [-0.25, -0.2) is 0 Å². The molecule has 0 saturated heterocycles. The Bertz CT molecular complexity index is 653. The van der Waals surface area contributed by atoms with Crippen LogP contribution in [0.4, 0.5) is 0 Å². The van der Waals surface area contributed by atoms with Crippen LogP contribution in [0.2, 0.25) is 0 Å². The fraction of sp³-hybridized carbons (Fsp3) is 0.913. The van der Waals surface area contributed by atoms with Crippen LogP contribution in [0.25, 0.3) is 0 Å². The topological polar surface area (TPSA) is 64.6 Å². The van der Waals surface area contributed by atoms with Crippen molar-refractivity contribution in [2.45, 2.75) is 233 Å². The molecule has 7 nitrogen and oxygen atoms in total. The Morgan fingerprint density at radius 3 is 0.943 bits per heavy atom. The van der Waals surface area contributed by atoms with Gasteiger partial charge in [0.05, 0.1) is 0 Å². The van der Waals surface area contributed by atoms with E-state index < -0.39 is 12.6 Å². The molecule has 0 spiro atoms. The Morgan fingerprint density at radius 1 is 0.358 bits per heavy atom. The van der Waals surface area contributed by atoms with Crippen LogP contribution >= 0.6 is 0 Å². The van der Waals surface area contributed by atoms with Crippen LogP contribution in [0.1, 0.15) is 207 Å². The zero-order valence-electron chi connectivity index (χ0n) is 36.1. The van der Waals surface area contributed by atoms with Crippen molar-refractivity contribution >= 4 is 0 Å². The Kier molecular flexibility index (Phi) is 43.3. The van der Waals surface area contributed by atoms with Crippen molar-refractivity contribution in [3.05, 3.63) is 24.3 Å². The Labute approximate surface area is 330 Å². The molecule has 0 N–H and O–H groups in total. The summed E-state index contributed by atoms with van der Waals surface area (Å²) in [5.41, 5.74) is 0. The first-order valence-electron chi connectivity index (χ1n) is 22.7. The molecule has 0 heterocycles. The quantitative estimate of drug-likeness (QED) is 0.0349. The minimum atomic E-state index is -0.455. The normalized spacial score (nSPS) is 13.4. The van der Waals surface area contributed by atoms with Crippen LogP contribution < -0.4 is 0 Å². The molecule has 0 fully saturated rings. The average Bonchev–Trinajstić information content (AvgIpc) is 3.17. The molecule has 0 bridgehead atoms. The van der Waals surface area contributed by atoms with Gasteiger partial charge in [-0.05, 0) is 89.2 Å². The van der Waals surface area contributed by atoms with Crippen LogP contribution in [-0.4, -0.2) is 65.8 Å². The minimum Gasteiger partial charge on any atom is -0.353 e. The lowest BCUT2D eigenvalue weighted by atomic mass is 10.1. The van der Waals surface area contributed by atoms with Gasteiger partial charge >= 0.3 is 0 Å². The lowest BCUT2D eigenvalue weighted by Gasteiger charge is -2.19. The van der Waals surface area contributed by atoms with E-state index >= 15 is 0 Å². The lowest BCUT2D eigenvalue weighted by molar-refractivity contribution is -0.188. The third-order valence-electron chi connectivity index (χ3n) is 9.65. The summed E-state index contributed by atoms with van der Waals surface area (Å²) in [7, 11) is 3.35. The lowest BCUT2D eigenvalue weighted by Crippen LogP contribution is -2.22. The highest BCUT2D eigenvalue weighted by atomic mass is 16.8. The van der Waals surface area contributed by atoms with Crippen molar-refractivity contribution in [3.63, 3.8) is 0 Å². The van der Waals surface area contributed by atoms with Crippen molar-refractivity contribution in [1.29, 1.82) is 0 Å². The first-order chi connectivity index (χ1) is 26.1. The molecule has 0 aromatic rings. The van der Waals surface area contributed by atoms with Gasteiger partial charge in [-0.1, -0.05) is 143 Å². The van der Waals surface area contributed by atoms with E-state index in [1.54, 1.807) is 14.2 Å². The van der Waals surface area contributed by atoms with Gasteiger partial charge in [-0.15, -0.1) is 0 Å². The number of hydrogen-bond donors (Lipinski definition) is 0. The fourth-order valence-corrected chi connectivity index (χ4v) is 6.16. The van der Waals surface area contributed by atoms with E-state index in [4.69, 9.17) is 33.2 Å². The standard InChI is InChI=1S/C46H90O7/c1-7-11-15-23-31-39-49-45(50-40-32-24-16-12-8-2)37-29-21-19-27-35-43(47-5)53-44(48-6)36-28-20-22-30-38-46(51-41-33-25-17-13-9-3)52-42-34-26-18-14-10-4/h27-28,35-36,43-46H,7-26,29-34,37-42H2,1-6H3. The third kappa shape index (κ3) is 37.9. The van der Waals surface area contributed by atoms with E-state index in [0.29, 0.717) is 0 Å². The first-order valence-corrected chi connectivity index (χ1v) is 22.7. The largest absolute Gasteiger partial charge is 0.353 e. The number of rotatable bonds is 44. The summed E-state index contributed by atoms with van der Waals surface area (Å²) in [6, 6.07) is 0. The fourth-order valence-electron chi connectivity index (χ4n) is 6.16. The van der Waals surface area contributed by atoms with E-state index in [0.717, 1.165) is 103 Å². The molecule has 0 rings (SSSR count). The predicted molar refractivity (Wildman–Crippen MR) is 224 cm³/mol. The molecule has 0 aliphatic heterocycles. The highest BCUT2D eigenvalue weighted by Crippen LogP contribution is 2.15. The van der Waals surface area contributed by atoms with Gasteiger partial charge in [0.25, 0.3) is 0 Å². The smallest absolute Gasteiger partial charge is 0.179 e. The molecule has 0 aliphatic rings. The monoisotopic (exact) mass is 755 g/mol. The van der Waals surface area contributed by atoms with E-state index in [-0.39, 0.29) is 12.6 Å². The van der Waals surface area contributed by atoms with Crippen molar-refractivity contribution in [3.8, 4) is 0 Å². The average molecular weight is 755 g/mol. The van der Waals surface area contributed by atoms with E-state index in [1.165, 1.54) is 103 Å². The predicted octanol–water partition coefficient (Wildman–Crippen LogP) is 13.8. The molecular formula is C46H90O7. The van der Waals surface area contributed by atoms with Crippen molar-refractivity contribution in [1.82, 2.24) is 0 Å². The highest BCUT2D eigenvalue weighted by Gasteiger charge is 2.12. The Morgan fingerprint density at radius 2 is 0.660 bits per heavy atom. The highest BCUT2D eigenvalue weighted by molar-refractivity contribution is 4.89. The van der Waals surface area contributed by atoms with Crippen LogP contribution in [0, 0.1) is 0 Å². The summed E-state index contributed by atoms with van der Waals surface area (Å²) in [6.45, 7) is 12.2. The van der Waals surface area contributed by atoms with E-state index in [1.807, 2.05) is 12.2 Å². The van der Waals surface area contributed by atoms with Gasteiger partial charge in [0.15, 0.2) is 25.2 Å². The van der Waals surface area contributed by atoms with Gasteiger partial charge in [0.2, 0.25) is 0 Å². The summed E-state index contributed by atoms with van der Waals surface area (Å²) in [4.78, 5) is 0. The number of unbranched alkanes of at least 4 members (excludes halogenated alkanes) is 20. The van der Waals surface area contributed by atoms with Gasteiger partial charge in [-0.3, -0.25) is 0 Å². The Balaban J connectivity index is 4.49. The van der Waals surface area contributed by atoms with Gasteiger partial charge < -0.3 is 33.2 Å². The summed E-state index contributed by atoms with van der Waals surface area (Å²) in [5.74, 6) is 0. The van der Waals surface area contributed by atoms with Gasteiger partial charge in [-0.2, -0.15) is 0 Å². The molecule has 0 amide bonds. The SMILES string of the molecule is CCCCCCCOC(CCCCC=CC(OC)OC(C=CCCCCC(OCCCCCCC)OCCCCCCC)OC)OCCCCCCC. The van der Waals surface area contributed by atoms with Crippen LogP contribution in [0.15, 0.2) is 24.3 Å². The molecule has 0 aliphatic carbocycles.